The van der Waals surface area contributed by atoms with E-state index in [-0.39, 0.29) is 5.28 Å². The van der Waals surface area contributed by atoms with Crippen LogP contribution in [0.1, 0.15) is 6.92 Å². The SMILES string of the molecule is CCOc1c(Br)ccc2cnc(Cl)nc12. The zero-order valence-corrected chi connectivity index (χ0v) is 10.3. The number of fused-ring (bicyclic) bond motifs is 1. The number of aromatic nitrogens is 2. The number of ether oxygens (including phenoxy) is 1. The number of hydrogen-bond acceptors (Lipinski definition) is 3. The summed E-state index contributed by atoms with van der Waals surface area (Å²) in [5.74, 6) is 0.708. The summed E-state index contributed by atoms with van der Waals surface area (Å²) < 4.78 is 6.38. The first-order valence-corrected chi connectivity index (χ1v) is 5.63. The molecule has 0 saturated carbocycles. The second-order valence-corrected chi connectivity index (χ2v) is 4.08. The van der Waals surface area contributed by atoms with Gasteiger partial charge in [-0.2, -0.15) is 0 Å². The molecule has 0 spiro atoms. The number of benzene rings is 1. The highest BCUT2D eigenvalue weighted by Crippen LogP contribution is 2.32. The minimum atomic E-state index is 0.224. The maximum Gasteiger partial charge on any atom is 0.223 e. The van der Waals surface area contributed by atoms with Gasteiger partial charge in [-0.1, -0.05) is 0 Å². The van der Waals surface area contributed by atoms with Crippen LogP contribution in [0.5, 0.6) is 5.75 Å². The lowest BCUT2D eigenvalue weighted by Gasteiger charge is -2.08. The Morgan fingerprint density at radius 3 is 3.00 bits per heavy atom. The molecule has 0 bridgehead atoms. The average Bonchev–Trinajstić information content (AvgIpc) is 2.23. The normalized spacial score (nSPS) is 10.6. The summed E-state index contributed by atoms with van der Waals surface area (Å²) in [7, 11) is 0. The average molecular weight is 288 g/mol. The zero-order chi connectivity index (χ0) is 10.8. The van der Waals surface area contributed by atoms with Gasteiger partial charge >= 0.3 is 0 Å². The van der Waals surface area contributed by atoms with Crippen molar-refractivity contribution in [2.45, 2.75) is 6.92 Å². The first-order chi connectivity index (χ1) is 7.22. The van der Waals surface area contributed by atoms with Crippen molar-refractivity contribution in [3.63, 3.8) is 0 Å². The summed E-state index contributed by atoms with van der Waals surface area (Å²) in [4.78, 5) is 8.08. The van der Waals surface area contributed by atoms with Crippen molar-refractivity contribution in [3.8, 4) is 5.75 Å². The monoisotopic (exact) mass is 286 g/mol. The van der Waals surface area contributed by atoms with E-state index in [4.69, 9.17) is 16.3 Å². The molecule has 2 aromatic rings. The van der Waals surface area contributed by atoms with Crippen molar-refractivity contribution < 1.29 is 4.74 Å². The van der Waals surface area contributed by atoms with Crippen molar-refractivity contribution >= 4 is 38.4 Å². The lowest BCUT2D eigenvalue weighted by Crippen LogP contribution is -1.95. The molecule has 0 aliphatic rings. The Morgan fingerprint density at radius 1 is 1.47 bits per heavy atom. The van der Waals surface area contributed by atoms with E-state index in [1.165, 1.54) is 0 Å². The Hall–Kier alpha value is -0.870. The fourth-order valence-electron chi connectivity index (χ4n) is 1.31. The summed E-state index contributed by atoms with van der Waals surface area (Å²) in [6.45, 7) is 2.51. The molecule has 0 N–H and O–H groups in total. The van der Waals surface area contributed by atoms with Crippen LogP contribution in [0, 0.1) is 0 Å². The Bertz CT molecular complexity index is 499. The van der Waals surface area contributed by atoms with Crippen molar-refractivity contribution in [2.75, 3.05) is 6.61 Å². The number of nitrogens with zero attached hydrogens (tertiary/aromatic N) is 2. The molecule has 78 valence electrons. The molecule has 0 amide bonds. The van der Waals surface area contributed by atoms with Gasteiger partial charge in [-0.15, -0.1) is 0 Å². The van der Waals surface area contributed by atoms with Crippen LogP contribution in [0.25, 0.3) is 10.9 Å². The predicted octanol–water partition coefficient (Wildman–Crippen LogP) is 3.44. The molecule has 5 heteroatoms. The summed E-state index contributed by atoms with van der Waals surface area (Å²) in [6, 6.07) is 3.82. The molecule has 0 aliphatic heterocycles. The standard InChI is InChI=1S/C10H8BrClN2O/c1-2-15-9-7(11)4-3-6-5-13-10(12)14-8(6)9/h3-5H,2H2,1H3. The van der Waals surface area contributed by atoms with Gasteiger partial charge < -0.3 is 4.74 Å². The van der Waals surface area contributed by atoms with Crippen LogP contribution in [0.4, 0.5) is 0 Å². The van der Waals surface area contributed by atoms with Gasteiger partial charge in [-0.05, 0) is 46.6 Å². The number of hydrogen-bond donors (Lipinski definition) is 0. The molecule has 0 unspecified atom stereocenters. The number of rotatable bonds is 2. The van der Waals surface area contributed by atoms with Gasteiger partial charge in [0.2, 0.25) is 5.28 Å². The molecule has 0 atom stereocenters. The largest absolute Gasteiger partial charge is 0.490 e. The first-order valence-electron chi connectivity index (χ1n) is 4.46. The molecule has 1 aromatic heterocycles. The van der Waals surface area contributed by atoms with Crippen molar-refractivity contribution in [1.82, 2.24) is 9.97 Å². The van der Waals surface area contributed by atoms with Gasteiger partial charge in [-0.3, -0.25) is 0 Å². The Morgan fingerprint density at radius 2 is 2.27 bits per heavy atom. The lowest BCUT2D eigenvalue weighted by atomic mass is 10.2. The molecule has 15 heavy (non-hydrogen) atoms. The first kappa shape index (κ1) is 10.6. The zero-order valence-electron chi connectivity index (χ0n) is 8.00. The van der Waals surface area contributed by atoms with Crippen LogP contribution in [0.2, 0.25) is 5.28 Å². The van der Waals surface area contributed by atoms with Crippen LogP contribution in [0.15, 0.2) is 22.8 Å². The highest BCUT2D eigenvalue weighted by Gasteiger charge is 2.09. The third-order valence-electron chi connectivity index (χ3n) is 1.92. The van der Waals surface area contributed by atoms with E-state index in [2.05, 4.69) is 25.9 Å². The Balaban J connectivity index is 2.72. The highest BCUT2D eigenvalue weighted by atomic mass is 79.9. The molecule has 2 rings (SSSR count). The molecule has 3 nitrogen and oxygen atoms in total. The quantitative estimate of drug-likeness (QED) is 0.794. The Kier molecular flexibility index (Phi) is 3.07. The lowest BCUT2D eigenvalue weighted by molar-refractivity contribution is 0.341. The minimum absolute atomic E-state index is 0.224. The summed E-state index contributed by atoms with van der Waals surface area (Å²) in [6.07, 6.45) is 1.68. The van der Waals surface area contributed by atoms with E-state index in [1.807, 2.05) is 19.1 Å². The van der Waals surface area contributed by atoms with Gasteiger partial charge in [0.15, 0.2) is 5.75 Å². The molecular weight excluding hydrogens is 279 g/mol. The molecule has 0 radical (unpaired) electrons. The van der Waals surface area contributed by atoms with Crippen LogP contribution in [-0.2, 0) is 0 Å². The molecule has 0 fully saturated rings. The van der Waals surface area contributed by atoms with E-state index in [0.29, 0.717) is 12.4 Å². The smallest absolute Gasteiger partial charge is 0.223 e. The number of halogens is 2. The molecule has 0 aliphatic carbocycles. The van der Waals surface area contributed by atoms with Crippen molar-refractivity contribution in [1.29, 1.82) is 0 Å². The van der Waals surface area contributed by atoms with Gasteiger partial charge in [-0.25, -0.2) is 9.97 Å². The fourth-order valence-corrected chi connectivity index (χ4v) is 1.87. The molecular formula is C10H8BrClN2O. The van der Waals surface area contributed by atoms with Crippen LogP contribution < -0.4 is 4.74 Å². The molecule has 1 aromatic carbocycles. The van der Waals surface area contributed by atoms with Gasteiger partial charge in [0.1, 0.15) is 5.52 Å². The summed E-state index contributed by atoms with van der Waals surface area (Å²) in [5.41, 5.74) is 0.728. The molecule has 0 saturated heterocycles. The second-order valence-electron chi connectivity index (χ2n) is 2.89. The maximum absolute atomic E-state index is 5.75. The van der Waals surface area contributed by atoms with E-state index >= 15 is 0 Å². The second kappa shape index (κ2) is 4.33. The molecule has 1 heterocycles. The Labute approximate surface area is 101 Å². The fraction of sp³-hybridized carbons (Fsp3) is 0.200. The van der Waals surface area contributed by atoms with Crippen molar-refractivity contribution in [2.24, 2.45) is 0 Å². The van der Waals surface area contributed by atoms with E-state index in [9.17, 15) is 0 Å². The van der Waals surface area contributed by atoms with Gasteiger partial charge in [0.25, 0.3) is 0 Å². The third-order valence-corrected chi connectivity index (χ3v) is 2.72. The van der Waals surface area contributed by atoms with Gasteiger partial charge in [0.05, 0.1) is 11.1 Å². The van der Waals surface area contributed by atoms with Crippen LogP contribution in [0.3, 0.4) is 0 Å². The minimum Gasteiger partial charge on any atom is -0.490 e. The highest BCUT2D eigenvalue weighted by molar-refractivity contribution is 9.10. The maximum atomic E-state index is 5.75. The topological polar surface area (TPSA) is 35.0 Å². The van der Waals surface area contributed by atoms with E-state index in [0.717, 1.165) is 15.4 Å². The van der Waals surface area contributed by atoms with E-state index in [1.54, 1.807) is 6.20 Å². The van der Waals surface area contributed by atoms with Crippen molar-refractivity contribution in [3.05, 3.63) is 28.1 Å². The predicted molar refractivity (Wildman–Crippen MR) is 63.4 cm³/mol. The summed E-state index contributed by atoms with van der Waals surface area (Å²) in [5, 5.41) is 1.13. The van der Waals surface area contributed by atoms with Crippen LogP contribution >= 0.6 is 27.5 Å². The van der Waals surface area contributed by atoms with E-state index < -0.39 is 0 Å². The van der Waals surface area contributed by atoms with Gasteiger partial charge in [0, 0.05) is 11.6 Å². The third kappa shape index (κ3) is 2.06. The summed E-state index contributed by atoms with van der Waals surface area (Å²) >= 11 is 9.16. The van der Waals surface area contributed by atoms with Crippen LogP contribution in [-0.4, -0.2) is 16.6 Å².